The van der Waals surface area contributed by atoms with Crippen LogP contribution in [-0.4, -0.2) is 19.2 Å². The molecule has 0 spiro atoms. The van der Waals surface area contributed by atoms with Gasteiger partial charge in [0.15, 0.2) is 11.5 Å². The molecule has 1 aliphatic heterocycles. The van der Waals surface area contributed by atoms with Crippen LogP contribution in [-0.2, 0) is 6.61 Å². The van der Waals surface area contributed by atoms with Gasteiger partial charge in [-0.1, -0.05) is 42.5 Å². The first-order valence-electron chi connectivity index (χ1n) is 6.55. The average Bonchev–Trinajstić information content (AvgIpc) is 2.43. The lowest BCUT2D eigenvalue weighted by atomic mass is 10.2. The Morgan fingerprint density at radius 2 is 1.58 bits per heavy atom. The van der Waals surface area contributed by atoms with E-state index in [0.717, 1.165) is 30.2 Å². The predicted octanol–water partition coefficient (Wildman–Crippen LogP) is 2.62. The molecule has 0 amide bonds. The normalized spacial score (nSPS) is 14.7. The minimum Gasteiger partial charge on any atom is -0.485 e. The molecule has 1 fully saturated rings. The van der Waals surface area contributed by atoms with Crippen molar-refractivity contribution in [2.75, 3.05) is 13.1 Å². The molecule has 1 heterocycles. The van der Waals surface area contributed by atoms with E-state index < -0.39 is 0 Å². The summed E-state index contributed by atoms with van der Waals surface area (Å²) in [6.45, 7) is 2.38. The fourth-order valence-electron chi connectivity index (χ4n) is 1.93. The number of hydrogen-bond donors (Lipinski definition) is 1. The van der Waals surface area contributed by atoms with Gasteiger partial charge < -0.3 is 14.8 Å². The van der Waals surface area contributed by atoms with E-state index in [-0.39, 0.29) is 6.10 Å². The second kappa shape index (κ2) is 5.76. The second-order valence-corrected chi connectivity index (χ2v) is 4.62. The molecule has 19 heavy (non-hydrogen) atoms. The van der Waals surface area contributed by atoms with Crippen molar-refractivity contribution >= 4 is 0 Å². The number of rotatable bonds is 5. The van der Waals surface area contributed by atoms with Gasteiger partial charge in [0.1, 0.15) is 12.7 Å². The number of ether oxygens (including phenoxy) is 2. The van der Waals surface area contributed by atoms with Crippen LogP contribution < -0.4 is 14.8 Å². The molecule has 3 heteroatoms. The van der Waals surface area contributed by atoms with Gasteiger partial charge in [0.2, 0.25) is 0 Å². The molecular weight excluding hydrogens is 238 g/mol. The molecule has 3 nitrogen and oxygen atoms in total. The highest BCUT2D eigenvalue weighted by Crippen LogP contribution is 2.28. The maximum atomic E-state index is 5.88. The molecule has 0 bridgehead atoms. The van der Waals surface area contributed by atoms with Crippen molar-refractivity contribution in [1.82, 2.24) is 5.32 Å². The molecular formula is C16H17NO2. The van der Waals surface area contributed by atoms with E-state index in [1.54, 1.807) is 0 Å². The summed E-state index contributed by atoms with van der Waals surface area (Å²) in [6.07, 6.45) is 0.265. The van der Waals surface area contributed by atoms with Crippen LogP contribution in [0.4, 0.5) is 0 Å². The summed E-state index contributed by atoms with van der Waals surface area (Å²) in [5, 5.41) is 3.19. The Morgan fingerprint density at radius 1 is 0.895 bits per heavy atom. The maximum absolute atomic E-state index is 5.88. The smallest absolute Gasteiger partial charge is 0.161 e. The van der Waals surface area contributed by atoms with E-state index in [1.807, 2.05) is 42.5 Å². The average molecular weight is 255 g/mol. The van der Waals surface area contributed by atoms with Gasteiger partial charge in [-0.25, -0.2) is 0 Å². The Hall–Kier alpha value is -2.00. The standard InChI is InChI=1S/C16H17NO2/c1-2-6-13(7-3-1)12-18-15-8-4-5-9-16(15)19-14-10-17-11-14/h1-9,14,17H,10-12H2. The third-order valence-electron chi connectivity index (χ3n) is 3.12. The van der Waals surface area contributed by atoms with Crippen LogP contribution in [0.15, 0.2) is 54.6 Å². The van der Waals surface area contributed by atoms with Crippen molar-refractivity contribution in [2.24, 2.45) is 0 Å². The molecule has 0 aliphatic carbocycles. The Labute approximate surface area is 113 Å². The zero-order valence-electron chi connectivity index (χ0n) is 10.7. The molecule has 1 saturated heterocycles. The summed E-state index contributed by atoms with van der Waals surface area (Å²) in [5.41, 5.74) is 1.16. The molecule has 0 saturated carbocycles. The van der Waals surface area contributed by atoms with E-state index in [4.69, 9.17) is 9.47 Å². The molecule has 1 N–H and O–H groups in total. The Bertz CT molecular complexity index is 523. The van der Waals surface area contributed by atoms with E-state index in [1.165, 1.54) is 0 Å². The lowest BCUT2D eigenvalue weighted by Crippen LogP contribution is -2.50. The predicted molar refractivity (Wildman–Crippen MR) is 74.5 cm³/mol. The van der Waals surface area contributed by atoms with Crippen molar-refractivity contribution in [1.29, 1.82) is 0 Å². The Morgan fingerprint density at radius 3 is 2.26 bits per heavy atom. The topological polar surface area (TPSA) is 30.5 Å². The third-order valence-corrected chi connectivity index (χ3v) is 3.12. The molecule has 98 valence electrons. The lowest BCUT2D eigenvalue weighted by molar-refractivity contribution is 0.134. The van der Waals surface area contributed by atoms with Gasteiger partial charge in [-0.3, -0.25) is 0 Å². The van der Waals surface area contributed by atoms with Crippen molar-refractivity contribution in [3.8, 4) is 11.5 Å². The quantitative estimate of drug-likeness (QED) is 0.891. The van der Waals surface area contributed by atoms with Crippen LogP contribution in [0.1, 0.15) is 5.56 Å². The molecule has 2 aromatic carbocycles. The third kappa shape index (κ3) is 3.06. The highest BCUT2D eigenvalue weighted by atomic mass is 16.5. The molecule has 0 aromatic heterocycles. The second-order valence-electron chi connectivity index (χ2n) is 4.62. The van der Waals surface area contributed by atoms with Gasteiger partial charge in [0, 0.05) is 13.1 Å². The zero-order valence-corrected chi connectivity index (χ0v) is 10.7. The highest BCUT2D eigenvalue weighted by Gasteiger charge is 2.19. The van der Waals surface area contributed by atoms with Gasteiger partial charge in [-0.2, -0.15) is 0 Å². The number of para-hydroxylation sites is 2. The summed E-state index contributed by atoms with van der Waals surface area (Å²) in [5.74, 6) is 1.63. The first kappa shape index (κ1) is 12.1. The fourth-order valence-corrected chi connectivity index (χ4v) is 1.93. The molecule has 0 radical (unpaired) electrons. The van der Waals surface area contributed by atoms with E-state index in [0.29, 0.717) is 6.61 Å². The van der Waals surface area contributed by atoms with Crippen LogP contribution in [0.2, 0.25) is 0 Å². The summed E-state index contributed by atoms with van der Waals surface area (Å²) < 4.78 is 11.7. The summed E-state index contributed by atoms with van der Waals surface area (Å²) in [6, 6.07) is 18.0. The largest absolute Gasteiger partial charge is 0.485 e. The van der Waals surface area contributed by atoms with Crippen LogP contribution in [0.3, 0.4) is 0 Å². The van der Waals surface area contributed by atoms with E-state index in [2.05, 4.69) is 17.4 Å². The van der Waals surface area contributed by atoms with Crippen LogP contribution in [0, 0.1) is 0 Å². The Kier molecular flexibility index (Phi) is 3.65. The summed E-state index contributed by atoms with van der Waals surface area (Å²) in [7, 11) is 0. The highest BCUT2D eigenvalue weighted by molar-refractivity contribution is 5.40. The van der Waals surface area contributed by atoms with Gasteiger partial charge in [-0.05, 0) is 17.7 Å². The number of nitrogens with one attached hydrogen (secondary N) is 1. The minimum atomic E-state index is 0.265. The molecule has 2 aromatic rings. The number of benzene rings is 2. The zero-order chi connectivity index (χ0) is 12.9. The van der Waals surface area contributed by atoms with Gasteiger partial charge >= 0.3 is 0 Å². The van der Waals surface area contributed by atoms with Gasteiger partial charge in [-0.15, -0.1) is 0 Å². The first-order valence-corrected chi connectivity index (χ1v) is 6.55. The SMILES string of the molecule is c1ccc(COc2ccccc2OC2CNC2)cc1. The molecule has 3 rings (SSSR count). The molecule has 1 aliphatic rings. The van der Waals surface area contributed by atoms with Crippen LogP contribution >= 0.6 is 0 Å². The van der Waals surface area contributed by atoms with Crippen molar-refractivity contribution in [3.05, 3.63) is 60.2 Å². The molecule has 0 unspecified atom stereocenters. The fraction of sp³-hybridized carbons (Fsp3) is 0.250. The van der Waals surface area contributed by atoms with Gasteiger partial charge in [0.05, 0.1) is 0 Å². The first-order chi connectivity index (χ1) is 9.42. The lowest BCUT2D eigenvalue weighted by Gasteiger charge is -2.28. The van der Waals surface area contributed by atoms with Crippen molar-refractivity contribution in [2.45, 2.75) is 12.7 Å². The molecule has 0 atom stereocenters. The number of hydrogen-bond acceptors (Lipinski definition) is 3. The summed E-state index contributed by atoms with van der Waals surface area (Å²) in [4.78, 5) is 0. The van der Waals surface area contributed by atoms with Crippen LogP contribution in [0.25, 0.3) is 0 Å². The van der Waals surface area contributed by atoms with E-state index in [9.17, 15) is 0 Å². The maximum Gasteiger partial charge on any atom is 0.161 e. The minimum absolute atomic E-state index is 0.265. The van der Waals surface area contributed by atoms with Gasteiger partial charge in [0.25, 0.3) is 0 Å². The van der Waals surface area contributed by atoms with Crippen molar-refractivity contribution in [3.63, 3.8) is 0 Å². The van der Waals surface area contributed by atoms with Crippen LogP contribution in [0.5, 0.6) is 11.5 Å². The summed E-state index contributed by atoms with van der Waals surface area (Å²) >= 11 is 0. The van der Waals surface area contributed by atoms with Crippen molar-refractivity contribution < 1.29 is 9.47 Å². The monoisotopic (exact) mass is 255 g/mol. The Balaban J connectivity index is 1.66. The van der Waals surface area contributed by atoms with E-state index >= 15 is 0 Å².